The summed E-state index contributed by atoms with van der Waals surface area (Å²) in [6, 6.07) is 12.0. The van der Waals surface area contributed by atoms with Gasteiger partial charge >= 0.3 is 7.12 Å². The van der Waals surface area contributed by atoms with Crippen LogP contribution in [-0.2, 0) is 4.79 Å². The molecule has 6 nitrogen and oxygen atoms in total. The fourth-order valence-electron chi connectivity index (χ4n) is 3.15. The van der Waals surface area contributed by atoms with Crippen molar-refractivity contribution in [2.45, 2.75) is 43.1 Å². The predicted octanol–water partition coefficient (Wildman–Crippen LogP) is 2.96. The molecule has 2 aromatic carbocycles. The van der Waals surface area contributed by atoms with Crippen LogP contribution >= 0.6 is 22.6 Å². The number of hydrogen-bond donors (Lipinski definition) is 4. The van der Waals surface area contributed by atoms with E-state index in [1.54, 1.807) is 49.4 Å². The molecule has 1 unspecified atom stereocenters. The Bertz CT molecular complexity index is 893. The Labute approximate surface area is 195 Å². The molecule has 2 aromatic rings. The average Bonchev–Trinajstić information content (AvgIpc) is 2.71. The molecule has 0 aliphatic carbocycles. The maximum Gasteiger partial charge on any atom is 0.475 e. The standard InChI is InChI=1S/C22H27BFIN2O4/c1-13(2)12-19(23(30)31)26-22(29)20(14(3)25)27-21(28)16-10-8-15(9-11-16)17-6-4-5-7-18(17)24/h4-11,13-14,19-20,30-31H,12H2,1-3H3,(H,26,29)(H,27,28)/t14?,19-,20-/m0/s1. The Hall–Kier alpha value is -1.98. The van der Waals surface area contributed by atoms with Crippen molar-refractivity contribution in [3.8, 4) is 11.1 Å². The van der Waals surface area contributed by atoms with Crippen molar-refractivity contribution in [2.24, 2.45) is 5.92 Å². The highest BCUT2D eigenvalue weighted by Gasteiger charge is 2.31. The molecule has 0 saturated heterocycles. The average molecular weight is 540 g/mol. The fourth-order valence-corrected chi connectivity index (χ4v) is 3.65. The number of alkyl halides is 1. The molecule has 2 rings (SSSR count). The van der Waals surface area contributed by atoms with Crippen LogP contribution in [0.2, 0.25) is 0 Å². The van der Waals surface area contributed by atoms with E-state index in [9.17, 15) is 24.0 Å². The van der Waals surface area contributed by atoms with E-state index in [-0.39, 0.29) is 15.7 Å². The molecule has 0 aliphatic heterocycles. The summed E-state index contributed by atoms with van der Waals surface area (Å²) in [5.74, 6) is -1.98. The van der Waals surface area contributed by atoms with E-state index in [1.165, 1.54) is 6.07 Å². The molecule has 9 heteroatoms. The van der Waals surface area contributed by atoms with E-state index in [2.05, 4.69) is 10.6 Å². The van der Waals surface area contributed by atoms with Gasteiger partial charge in [0.15, 0.2) is 0 Å². The van der Waals surface area contributed by atoms with Crippen LogP contribution in [0.4, 0.5) is 4.39 Å². The minimum atomic E-state index is -1.70. The third-order valence-electron chi connectivity index (χ3n) is 4.77. The molecule has 166 valence electrons. The number of carbonyl (C=O) groups excluding carboxylic acids is 2. The third kappa shape index (κ3) is 7.29. The molecule has 2 amide bonds. The van der Waals surface area contributed by atoms with Crippen molar-refractivity contribution in [1.29, 1.82) is 0 Å². The second-order valence-corrected chi connectivity index (χ2v) is 9.81. The number of rotatable bonds is 9. The Morgan fingerprint density at radius 1 is 1.03 bits per heavy atom. The first-order valence-corrected chi connectivity index (χ1v) is 11.3. The lowest BCUT2D eigenvalue weighted by atomic mass is 9.75. The molecular weight excluding hydrogens is 513 g/mol. The molecule has 4 N–H and O–H groups in total. The summed E-state index contributed by atoms with van der Waals surface area (Å²) < 4.78 is 13.7. The first-order chi connectivity index (χ1) is 14.6. The number of benzene rings is 2. The van der Waals surface area contributed by atoms with E-state index in [0.717, 1.165) is 0 Å². The lowest BCUT2D eigenvalue weighted by molar-refractivity contribution is -0.123. The van der Waals surface area contributed by atoms with Crippen LogP contribution in [0.5, 0.6) is 0 Å². The Balaban J connectivity index is 2.11. The number of halogens is 2. The van der Waals surface area contributed by atoms with Crippen LogP contribution in [0.25, 0.3) is 11.1 Å². The van der Waals surface area contributed by atoms with Gasteiger partial charge in [-0.1, -0.05) is 73.7 Å². The van der Waals surface area contributed by atoms with Gasteiger partial charge in [-0.3, -0.25) is 9.59 Å². The van der Waals surface area contributed by atoms with E-state index in [4.69, 9.17) is 0 Å². The lowest BCUT2D eigenvalue weighted by Gasteiger charge is -2.25. The Morgan fingerprint density at radius 2 is 1.65 bits per heavy atom. The van der Waals surface area contributed by atoms with Gasteiger partial charge in [0.2, 0.25) is 5.91 Å². The molecule has 0 spiro atoms. The lowest BCUT2D eigenvalue weighted by Crippen LogP contribution is -2.56. The van der Waals surface area contributed by atoms with Gasteiger partial charge in [-0.15, -0.1) is 0 Å². The summed E-state index contributed by atoms with van der Waals surface area (Å²) >= 11 is 2.04. The van der Waals surface area contributed by atoms with Crippen LogP contribution in [-0.4, -0.2) is 44.9 Å². The number of carbonyl (C=O) groups is 2. The highest BCUT2D eigenvalue weighted by atomic mass is 127. The van der Waals surface area contributed by atoms with Crippen LogP contribution in [0.15, 0.2) is 48.5 Å². The molecule has 31 heavy (non-hydrogen) atoms. The maximum atomic E-state index is 14.0. The smallest absolute Gasteiger partial charge is 0.426 e. The Morgan fingerprint density at radius 3 is 2.16 bits per heavy atom. The molecule has 0 aliphatic rings. The zero-order chi connectivity index (χ0) is 23.1. The first kappa shape index (κ1) is 25.3. The minimum Gasteiger partial charge on any atom is -0.426 e. The number of hydrogen-bond acceptors (Lipinski definition) is 4. The summed E-state index contributed by atoms with van der Waals surface area (Å²) in [5.41, 5.74) is 1.40. The van der Waals surface area contributed by atoms with Crippen LogP contribution in [0.3, 0.4) is 0 Å². The molecule has 3 atom stereocenters. The zero-order valence-electron chi connectivity index (χ0n) is 17.7. The second kappa shape index (κ2) is 11.6. The van der Waals surface area contributed by atoms with Gasteiger partial charge in [-0.2, -0.15) is 0 Å². The number of amides is 2. The summed E-state index contributed by atoms with van der Waals surface area (Å²) in [5, 5.41) is 24.4. The van der Waals surface area contributed by atoms with Gasteiger partial charge in [0, 0.05) is 15.1 Å². The predicted molar refractivity (Wildman–Crippen MR) is 128 cm³/mol. The first-order valence-electron chi connectivity index (χ1n) is 10.1. The monoisotopic (exact) mass is 540 g/mol. The molecule has 0 heterocycles. The van der Waals surface area contributed by atoms with Crippen molar-refractivity contribution < 1.29 is 24.0 Å². The Kier molecular flexibility index (Phi) is 9.45. The van der Waals surface area contributed by atoms with Gasteiger partial charge in [-0.25, -0.2) is 4.39 Å². The van der Waals surface area contributed by atoms with E-state index in [0.29, 0.717) is 23.1 Å². The molecule has 0 aromatic heterocycles. The van der Waals surface area contributed by atoms with Gasteiger partial charge in [0.25, 0.3) is 5.91 Å². The zero-order valence-corrected chi connectivity index (χ0v) is 19.8. The largest absolute Gasteiger partial charge is 0.475 e. The van der Waals surface area contributed by atoms with Gasteiger partial charge in [-0.05, 0) is 36.1 Å². The molecule has 0 fully saturated rings. The van der Waals surface area contributed by atoms with E-state index in [1.807, 2.05) is 36.4 Å². The minimum absolute atomic E-state index is 0.144. The van der Waals surface area contributed by atoms with Gasteiger partial charge in [0.1, 0.15) is 11.9 Å². The summed E-state index contributed by atoms with van der Waals surface area (Å²) in [4.78, 5) is 25.4. The molecule has 0 radical (unpaired) electrons. The van der Waals surface area contributed by atoms with Crippen LogP contribution in [0, 0.1) is 11.7 Å². The van der Waals surface area contributed by atoms with Gasteiger partial charge < -0.3 is 20.7 Å². The summed E-state index contributed by atoms with van der Waals surface area (Å²) in [6.45, 7) is 5.60. The molecule has 0 bridgehead atoms. The molecule has 0 saturated carbocycles. The number of nitrogens with one attached hydrogen (secondary N) is 2. The van der Waals surface area contributed by atoms with Crippen molar-refractivity contribution >= 4 is 41.5 Å². The fraction of sp³-hybridized carbons (Fsp3) is 0.364. The van der Waals surface area contributed by atoms with Gasteiger partial charge in [0.05, 0.1) is 5.94 Å². The highest BCUT2D eigenvalue weighted by Crippen LogP contribution is 2.23. The quantitative estimate of drug-likeness (QED) is 0.224. The molecular formula is C22H27BFIN2O4. The third-order valence-corrected chi connectivity index (χ3v) is 5.49. The van der Waals surface area contributed by atoms with Crippen molar-refractivity contribution in [3.63, 3.8) is 0 Å². The summed E-state index contributed by atoms with van der Waals surface area (Å²) in [7, 11) is -1.70. The topological polar surface area (TPSA) is 98.7 Å². The summed E-state index contributed by atoms with van der Waals surface area (Å²) in [6.07, 6.45) is 0.386. The maximum absolute atomic E-state index is 14.0. The normalized spacial score (nSPS) is 13.9. The van der Waals surface area contributed by atoms with Crippen LogP contribution < -0.4 is 10.6 Å². The van der Waals surface area contributed by atoms with E-state index < -0.39 is 30.9 Å². The van der Waals surface area contributed by atoms with Crippen molar-refractivity contribution in [2.75, 3.05) is 0 Å². The van der Waals surface area contributed by atoms with Crippen LogP contribution in [0.1, 0.15) is 37.6 Å². The van der Waals surface area contributed by atoms with Crippen molar-refractivity contribution in [3.05, 3.63) is 59.9 Å². The van der Waals surface area contributed by atoms with Crippen molar-refractivity contribution in [1.82, 2.24) is 10.6 Å². The second-order valence-electron chi connectivity index (χ2n) is 7.84. The SMILES string of the molecule is CC(C)C[C@H](NC(=O)[C@@H](NC(=O)c1ccc(-c2ccccc2F)cc1)C(C)I)B(O)O. The van der Waals surface area contributed by atoms with E-state index >= 15 is 0 Å². The highest BCUT2D eigenvalue weighted by molar-refractivity contribution is 14.1.